The molecule has 3 heteroatoms. The Morgan fingerprint density at radius 2 is 1.95 bits per heavy atom. The standard InChI is InChI=1S/C17H27ClN2/c1-4-19-17-10-12-20(14(3)13(17)2)11-9-15-5-7-16(18)8-6-15/h5-8,13-14,17,19H,4,9-12H2,1-3H3. The van der Waals surface area contributed by atoms with Crippen molar-refractivity contribution >= 4 is 11.6 Å². The maximum atomic E-state index is 5.93. The summed E-state index contributed by atoms with van der Waals surface area (Å²) in [6.07, 6.45) is 2.38. The normalized spacial score (nSPS) is 27.7. The fourth-order valence-electron chi connectivity index (χ4n) is 3.23. The quantitative estimate of drug-likeness (QED) is 0.893. The lowest BCUT2D eigenvalue weighted by Crippen LogP contribution is -2.53. The number of piperidine rings is 1. The van der Waals surface area contributed by atoms with Gasteiger partial charge >= 0.3 is 0 Å². The Morgan fingerprint density at radius 1 is 1.25 bits per heavy atom. The minimum Gasteiger partial charge on any atom is -0.314 e. The first-order chi connectivity index (χ1) is 9.61. The minimum absolute atomic E-state index is 0.653. The van der Waals surface area contributed by atoms with Gasteiger partial charge in [0.1, 0.15) is 0 Å². The summed E-state index contributed by atoms with van der Waals surface area (Å²) in [6.45, 7) is 10.4. The third kappa shape index (κ3) is 3.97. The molecule has 1 fully saturated rings. The summed E-state index contributed by atoms with van der Waals surface area (Å²) >= 11 is 5.93. The summed E-state index contributed by atoms with van der Waals surface area (Å²) in [6, 6.07) is 9.59. The van der Waals surface area contributed by atoms with E-state index in [9.17, 15) is 0 Å². The van der Waals surface area contributed by atoms with Gasteiger partial charge in [-0.3, -0.25) is 4.90 Å². The molecule has 1 N–H and O–H groups in total. The van der Waals surface area contributed by atoms with Crippen molar-refractivity contribution in [3.05, 3.63) is 34.9 Å². The van der Waals surface area contributed by atoms with Crippen LogP contribution < -0.4 is 5.32 Å². The molecule has 20 heavy (non-hydrogen) atoms. The summed E-state index contributed by atoms with van der Waals surface area (Å²) in [7, 11) is 0. The lowest BCUT2D eigenvalue weighted by Gasteiger charge is -2.43. The smallest absolute Gasteiger partial charge is 0.0406 e. The van der Waals surface area contributed by atoms with Gasteiger partial charge in [0.15, 0.2) is 0 Å². The van der Waals surface area contributed by atoms with Gasteiger partial charge in [0.2, 0.25) is 0 Å². The Kier molecular flexibility index (Phi) is 5.88. The van der Waals surface area contributed by atoms with E-state index in [1.807, 2.05) is 12.1 Å². The number of halogens is 1. The zero-order chi connectivity index (χ0) is 14.5. The number of hydrogen-bond acceptors (Lipinski definition) is 2. The molecule has 1 aromatic rings. The molecule has 1 heterocycles. The molecule has 0 aromatic heterocycles. The Balaban J connectivity index is 1.86. The van der Waals surface area contributed by atoms with Crippen molar-refractivity contribution in [2.45, 2.75) is 45.7 Å². The zero-order valence-corrected chi connectivity index (χ0v) is 13.7. The first kappa shape index (κ1) is 15.8. The monoisotopic (exact) mass is 294 g/mol. The SMILES string of the molecule is CCNC1CCN(CCc2ccc(Cl)cc2)C(C)C1C. The number of likely N-dealkylation sites (tertiary alicyclic amines) is 1. The molecule has 0 amide bonds. The fourth-order valence-corrected chi connectivity index (χ4v) is 3.36. The van der Waals surface area contributed by atoms with Gasteiger partial charge < -0.3 is 5.32 Å². The summed E-state index contributed by atoms with van der Waals surface area (Å²) < 4.78 is 0. The summed E-state index contributed by atoms with van der Waals surface area (Å²) in [5, 5.41) is 4.45. The van der Waals surface area contributed by atoms with E-state index in [1.54, 1.807) is 0 Å². The van der Waals surface area contributed by atoms with E-state index in [-0.39, 0.29) is 0 Å². The highest BCUT2D eigenvalue weighted by Gasteiger charge is 2.31. The van der Waals surface area contributed by atoms with Gasteiger partial charge in [0, 0.05) is 23.7 Å². The van der Waals surface area contributed by atoms with Crippen molar-refractivity contribution in [2.24, 2.45) is 5.92 Å². The first-order valence-corrected chi connectivity index (χ1v) is 8.21. The average Bonchev–Trinajstić information content (AvgIpc) is 2.45. The van der Waals surface area contributed by atoms with Gasteiger partial charge in [0.25, 0.3) is 0 Å². The van der Waals surface area contributed by atoms with Gasteiger partial charge in [-0.15, -0.1) is 0 Å². The predicted molar refractivity (Wildman–Crippen MR) is 87.4 cm³/mol. The van der Waals surface area contributed by atoms with Crippen LogP contribution in [0, 0.1) is 5.92 Å². The molecular formula is C17H27ClN2. The average molecular weight is 295 g/mol. The third-order valence-electron chi connectivity index (χ3n) is 4.77. The lowest BCUT2D eigenvalue weighted by atomic mass is 9.86. The molecule has 2 rings (SSSR count). The molecule has 3 atom stereocenters. The number of hydrogen-bond donors (Lipinski definition) is 1. The predicted octanol–water partition coefficient (Wildman–Crippen LogP) is 3.59. The van der Waals surface area contributed by atoms with E-state index in [0.717, 1.165) is 24.5 Å². The van der Waals surface area contributed by atoms with Gasteiger partial charge in [-0.25, -0.2) is 0 Å². The minimum atomic E-state index is 0.653. The van der Waals surface area contributed by atoms with Crippen LogP contribution in [0.1, 0.15) is 32.8 Å². The number of nitrogens with zero attached hydrogens (tertiary/aromatic N) is 1. The van der Waals surface area contributed by atoms with Crippen LogP contribution in [0.4, 0.5) is 0 Å². The van der Waals surface area contributed by atoms with Crippen LogP contribution in [0.15, 0.2) is 24.3 Å². The molecule has 3 unspecified atom stereocenters. The second-order valence-electron chi connectivity index (χ2n) is 5.97. The maximum absolute atomic E-state index is 5.93. The van der Waals surface area contributed by atoms with Crippen LogP contribution in [0.3, 0.4) is 0 Å². The van der Waals surface area contributed by atoms with Crippen molar-refractivity contribution in [3.8, 4) is 0 Å². The lowest BCUT2D eigenvalue weighted by molar-refractivity contribution is 0.0867. The molecule has 0 radical (unpaired) electrons. The van der Waals surface area contributed by atoms with Crippen LogP contribution in [0.2, 0.25) is 5.02 Å². The van der Waals surface area contributed by atoms with Crippen LogP contribution in [-0.4, -0.2) is 36.6 Å². The van der Waals surface area contributed by atoms with Gasteiger partial charge in [0.05, 0.1) is 0 Å². The van der Waals surface area contributed by atoms with Crippen molar-refractivity contribution in [2.75, 3.05) is 19.6 Å². The molecule has 112 valence electrons. The van der Waals surface area contributed by atoms with Crippen molar-refractivity contribution in [1.29, 1.82) is 0 Å². The zero-order valence-electron chi connectivity index (χ0n) is 12.9. The van der Waals surface area contributed by atoms with Crippen molar-refractivity contribution in [1.82, 2.24) is 10.2 Å². The topological polar surface area (TPSA) is 15.3 Å². The Bertz CT molecular complexity index is 404. The second kappa shape index (κ2) is 7.44. The fraction of sp³-hybridized carbons (Fsp3) is 0.647. The van der Waals surface area contributed by atoms with Crippen LogP contribution in [0.5, 0.6) is 0 Å². The van der Waals surface area contributed by atoms with Gasteiger partial charge in [-0.1, -0.05) is 37.6 Å². The van der Waals surface area contributed by atoms with Crippen LogP contribution in [-0.2, 0) is 6.42 Å². The van der Waals surface area contributed by atoms with Crippen molar-refractivity contribution < 1.29 is 0 Å². The Morgan fingerprint density at radius 3 is 2.60 bits per heavy atom. The van der Waals surface area contributed by atoms with Gasteiger partial charge in [-0.05, 0) is 56.5 Å². The number of rotatable bonds is 5. The Hall–Kier alpha value is -0.570. The summed E-state index contributed by atoms with van der Waals surface area (Å²) in [5.41, 5.74) is 1.38. The van der Waals surface area contributed by atoms with E-state index in [4.69, 9.17) is 11.6 Å². The molecule has 0 spiro atoms. The second-order valence-corrected chi connectivity index (χ2v) is 6.40. The van der Waals surface area contributed by atoms with E-state index in [0.29, 0.717) is 18.0 Å². The highest BCUT2D eigenvalue weighted by atomic mass is 35.5. The van der Waals surface area contributed by atoms with Crippen LogP contribution >= 0.6 is 11.6 Å². The largest absolute Gasteiger partial charge is 0.314 e. The summed E-state index contributed by atoms with van der Waals surface area (Å²) in [4.78, 5) is 2.63. The first-order valence-electron chi connectivity index (χ1n) is 7.83. The molecule has 0 aliphatic carbocycles. The molecule has 1 saturated heterocycles. The number of benzene rings is 1. The molecule has 2 nitrogen and oxygen atoms in total. The van der Waals surface area contributed by atoms with E-state index < -0.39 is 0 Å². The maximum Gasteiger partial charge on any atom is 0.0406 e. The Labute approximate surface area is 128 Å². The van der Waals surface area contributed by atoms with Crippen molar-refractivity contribution in [3.63, 3.8) is 0 Å². The highest BCUT2D eigenvalue weighted by Crippen LogP contribution is 2.24. The summed E-state index contributed by atoms with van der Waals surface area (Å²) in [5.74, 6) is 0.717. The van der Waals surface area contributed by atoms with E-state index in [2.05, 4.69) is 43.1 Å². The van der Waals surface area contributed by atoms with E-state index in [1.165, 1.54) is 18.5 Å². The molecule has 1 aromatic carbocycles. The molecule has 1 aliphatic heterocycles. The van der Waals surface area contributed by atoms with Crippen LogP contribution in [0.25, 0.3) is 0 Å². The third-order valence-corrected chi connectivity index (χ3v) is 5.02. The number of nitrogens with one attached hydrogen (secondary N) is 1. The molecular weight excluding hydrogens is 268 g/mol. The molecule has 1 aliphatic rings. The van der Waals surface area contributed by atoms with Gasteiger partial charge in [-0.2, -0.15) is 0 Å². The molecule has 0 bridgehead atoms. The molecule has 0 saturated carbocycles. The van der Waals surface area contributed by atoms with E-state index >= 15 is 0 Å². The highest BCUT2D eigenvalue weighted by molar-refractivity contribution is 6.30.